The Balaban J connectivity index is 2.74. The number of nitrogens with one attached hydrogen (secondary N) is 4. The molecule has 1 fully saturated rings. The molecule has 1 aliphatic rings. The van der Waals surface area contributed by atoms with Crippen molar-refractivity contribution in [2.45, 2.75) is 77.0 Å². The van der Waals surface area contributed by atoms with E-state index in [9.17, 15) is 24.3 Å². The van der Waals surface area contributed by atoms with Gasteiger partial charge in [0.05, 0.1) is 6.04 Å². The first-order valence-corrected chi connectivity index (χ1v) is 10.9. The highest BCUT2D eigenvalue weighted by Crippen LogP contribution is 2.08. The van der Waals surface area contributed by atoms with E-state index in [4.69, 9.17) is 11.5 Å². The molecule has 32 heavy (non-hydrogen) atoms. The molecule has 4 unspecified atom stereocenters. The first-order chi connectivity index (χ1) is 15.0. The smallest absolute Gasteiger partial charge is 0.326 e. The molecule has 182 valence electrons. The van der Waals surface area contributed by atoms with Crippen LogP contribution >= 0.6 is 0 Å². The van der Waals surface area contributed by atoms with Gasteiger partial charge in [0.1, 0.15) is 18.1 Å². The summed E-state index contributed by atoms with van der Waals surface area (Å²) in [4.78, 5) is 53.0. The first-order valence-electron chi connectivity index (χ1n) is 10.9. The van der Waals surface area contributed by atoms with Crippen LogP contribution in [0, 0.1) is 5.92 Å². The van der Waals surface area contributed by atoms with E-state index in [1.165, 1.54) is 6.92 Å². The highest BCUT2D eigenvalue weighted by Gasteiger charge is 2.29. The molecule has 1 saturated heterocycles. The number of aliphatic carboxylic acids is 1. The standard InChI is InChI=1S/C20H37N7O5/c1-11(2)10-15(19(31)32)27-16(28)12(3)25-18(30)14(7-5-9-24-20(21)22)26-17(29)13-6-4-8-23-13/h11-15,23H,4-10H2,1-3H3,(H,25,30)(H,26,29)(H,27,28)(H,31,32)(H4,21,22,24). The summed E-state index contributed by atoms with van der Waals surface area (Å²) in [5.41, 5.74) is 10.6. The zero-order chi connectivity index (χ0) is 24.3. The number of nitrogens with zero attached hydrogens (tertiary/aromatic N) is 1. The van der Waals surface area contributed by atoms with Crippen molar-refractivity contribution in [3.63, 3.8) is 0 Å². The lowest BCUT2D eigenvalue weighted by Crippen LogP contribution is -2.56. The fourth-order valence-corrected chi connectivity index (χ4v) is 3.32. The molecule has 0 bridgehead atoms. The predicted octanol–water partition coefficient (Wildman–Crippen LogP) is -1.60. The second-order valence-electron chi connectivity index (χ2n) is 8.42. The van der Waals surface area contributed by atoms with Gasteiger partial charge in [-0.2, -0.15) is 0 Å². The Morgan fingerprint density at radius 2 is 1.75 bits per heavy atom. The number of hydrogen-bond donors (Lipinski definition) is 7. The molecule has 1 heterocycles. The topological polar surface area (TPSA) is 201 Å². The van der Waals surface area contributed by atoms with Crippen LogP contribution in [0.2, 0.25) is 0 Å². The minimum absolute atomic E-state index is 0.0649. The second-order valence-corrected chi connectivity index (χ2v) is 8.42. The van der Waals surface area contributed by atoms with Gasteiger partial charge in [-0.15, -0.1) is 0 Å². The molecule has 0 radical (unpaired) electrons. The molecule has 9 N–H and O–H groups in total. The monoisotopic (exact) mass is 455 g/mol. The summed E-state index contributed by atoms with van der Waals surface area (Å²) in [6.07, 6.45) is 2.52. The predicted molar refractivity (Wildman–Crippen MR) is 119 cm³/mol. The minimum Gasteiger partial charge on any atom is -0.480 e. The number of amides is 3. The summed E-state index contributed by atoms with van der Waals surface area (Å²) >= 11 is 0. The molecule has 0 aromatic carbocycles. The van der Waals surface area contributed by atoms with Crippen LogP contribution in [0.15, 0.2) is 4.99 Å². The Hall–Kier alpha value is -2.89. The summed E-state index contributed by atoms with van der Waals surface area (Å²) in [7, 11) is 0. The third-order valence-electron chi connectivity index (χ3n) is 5.03. The normalized spacial score (nSPS) is 18.3. The fraction of sp³-hybridized carbons (Fsp3) is 0.750. The Kier molecular flexibility index (Phi) is 11.5. The van der Waals surface area contributed by atoms with Gasteiger partial charge in [0.25, 0.3) is 0 Å². The third-order valence-corrected chi connectivity index (χ3v) is 5.03. The van der Waals surface area contributed by atoms with Crippen LogP contribution < -0.4 is 32.7 Å². The number of carbonyl (C=O) groups is 4. The maximum Gasteiger partial charge on any atom is 0.326 e. The van der Waals surface area contributed by atoms with Crippen LogP contribution in [0.25, 0.3) is 0 Å². The zero-order valence-electron chi connectivity index (χ0n) is 19.0. The van der Waals surface area contributed by atoms with E-state index in [0.717, 1.165) is 13.0 Å². The molecule has 0 aromatic rings. The van der Waals surface area contributed by atoms with Crippen molar-refractivity contribution in [3.05, 3.63) is 0 Å². The van der Waals surface area contributed by atoms with Crippen LogP contribution in [0.1, 0.15) is 52.9 Å². The quantitative estimate of drug-likeness (QED) is 0.0976. The SMILES string of the molecule is CC(C)CC(NC(=O)C(C)NC(=O)C(CCCN=C(N)N)NC(=O)C1CCCN1)C(=O)O. The average Bonchev–Trinajstić information content (AvgIpc) is 3.23. The minimum atomic E-state index is -1.14. The Labute approximate surface area is 188 Å². The summed E-state index contributed by atoms with van der Waals surface area (Å²) in [6.45, 7) is 6.18. The molecule has 0 aromatic heterocycles. The lowest BCUT2D eigenvalue weighted by atomic mass is 10.0. The van der Waals surface area contributed by atoms with E-state index in [1.54, 1.807) is 0 Å². The van der Waals surface area contributed by atoms with Gasteiger partial charge in [-0.05, 0) is 51.5 Å². The van der Waals surface area contributed by atoms with Crippen LogP contribution in [0.4, 0.5) is 0 Å². The van der Waals surface area contributed by atoms with Gasteiger partial charge in [-0.3, -0.25) is 19.4 Å². The summed E-state index contributed by atoms with van der Waals surface area (Å²) in [6, 6.07) is -3.29. The molecule has 1 rings (SSSR count). The molecular weight excluding hydrogens is 418 g/mol. The van der Waals surface area contributed by atoms with E-state index in [-0.39, 0.29) is 43.2 Å². The van der Waals surface area contributed by atoms with Crippen LogP contribution in [0.3, 0.4) is 0 Å². The van der Waals surface area contributed by atoms with Gasteiger partial charge in [0, 0.05) is 6.54 Å². The van der Waals surface area contributed by atoms with Gasteiger partial charge in [-0.25, -0.2) is 4.79 Å². The molecule has 3 amide bonds. The second kappa shape index (κ2) is 13.5. The van der Waals surface area contributed by atoms with Gasteiger partial charge in [0.2, 0.25) is 17.7 Å². The number of aliphatic imine (C=N–C) groups is 1. The number of carboxylic acid groups (broad SMARTS) is 1. The van der Waals surface area contributed by atoms with Crippen molar-refractivity contribution in [1.82, 2.24) is 21.3 Å². The highest BCUT2D eigenvalue weighted by atomic mass is 16.4. The van der Waals surface area contributed by atoms with Gasteiger partial charge in [-0.1, -0.05) is 13.8 Å². The van der Waals surface area contributed by atoms with Crippen molar-refractivity contribution in [2.24, 2.45) is 22.4 Å². The fourth-order valence-electron chi connectivity index (χ4n) is 3.32. The maximum atomic E-state index is 12.8. The Morgan fingerprint density at radius 1 is 1.06 bits per heavy atom. The Bertz CT molecular complexity index is 688. The van der Waals surface area contributed by atoms with Crippen LogP contribution in [-0.2, 0) is 19.2 Å². The molecular formula is C20H37N7O5. The summed E-state index contributed by atoms with van der Waals surface area (Å²) in [5, 5.41) is 20.1. The van der Waals surface area contributed by atoms with Crippen molar-refractivity contribution < 1.29 is 24.3 Å². The lowest BCUT2D eigenvalue weighted by Gasteiger charge is -2.24. The van der Waals surface area contributed by atoms with Crippen molar-refractivity contribution >= 4 is 29.7 Å². The third kappa shape index (κ3) is 9.94. The number of carboxylic acids is 1. The van der Waals surface area contributed by atoms with Gasteiger partial charge in [0.15, 0.2) is 5.96 Å². The van der Waals surface area contributed by atoms with E-state index >= 15 is 0 Å². The number of guanidine groups is 1. The van der Waals surface area contributed by atoms with E-state index < -0.39 is 35.9 Å². The number of nitrogens with two attached hydrogens (primary N) is 2. The largest absolute Gasteiger partial charge is 0.480 e. The molecule has 1 aliphatic heterocycles. The molecule has 0 saturated carbocycles. The van der Waals surface area contributed by atoms with Crippen molar-refractivity contribution in [2.75, 3.05) is 13.1 Å². The zero-order valence-corrected chi connectivity index (χ0v) is 19.0. The molecule has 4 atom stereocenters. The number of hydrogen-bond acceptors (Lipinski definition) is 6. The number of rotatable bonds is 13. The average molecular weight is 456 g/mol. The Morgan fingerprint density at radius 3 is 2.28 bits per heavy atom. The van der Waals surface area contributed by atoms with E-state index in [0.29, 0.717) is 12.8 Å². The maximum absolute atomic E-state index is 12.8. The first kappa shape index (κ1) is 27.1. The molecule has 12 nitrogen and oxygen atoms in total. The number of carbonyl (C=O) groups excluding carboxylic acids is 3. The van der Waals surface area contributed by atoms with Gasteiger partial charge < -0.3 is 37.8 Å². The van der Waals surface area contributed by atoms with E-state index in [1.807, 2.05) is 13.8 Å². The van der Waals surface area contributed by atoms with E-state index in [2.05, 4.69) is 26.3 Å². The van der Waals surface area contributed by atoms with Crippen LogP contribution in [-0.4, -0.2) is 72.0 Å². The molecule has 0 spiro atoms. The summed E-state index contributed by atoms with van der Waals surface area (Å²) in [5.74, 6) is -2.59. The van der Waals surface area contributed by atoms with Crippen molar-refractivity contribution in [3.8, 4) is 0 Å². The molecule has 0 aliphatic carbocycles. The van der Waals surface area contributed by atoms with Crippen LogP contribution in [0.5, 0.6) is 0 Å². The highest BCUT2D eigenvalue weighted by molar-refractivity contribution is 5.94. The van der Waals surface area contributed by atoms with Crippen molar-refractivity contribution in [1.29, 1.82) is 0 Å². The molecule has 12 heteroatoms. The lowest BCUT2D eigenvalue weighted by molar-refractivity contribution is -0.142. The van der Waals surface area contributed by atoms with Gasteiger partial charge >= 0.3 is 5.97 Å². The summed E-state index contributed by atoms with van der Waals surface area (Å²) < 4.78 is 0.